The molecule has 0 bridgehead atoms. The van der Waals surface area contributed by atoms with Gasteiger partial charge >= 0.3 is 31.8 Å². The Hall–Kier alpha value is 0.603. The van der Waals surface area contributed by atoms with Crippen molar-refractivity contribution in [2.24, 2.45) is 0 Å². The Morgan fingerprint density at radius 3 is 1.50 bits per heavy atom. The van der Waals surface area contributed by atoms with Gasteiger partial charge in [-0.3, -0.25) is 0 Å². The van der Waals surface area contributed by atoms with Crippen LogP contribution in [0.5, 0.6) is 0 Å². The van der Waals surface area contributed by atoms with Crippen molar-refractivity contribution in [2.45, 2.75) is 0 Å². The van der Waals surface area contributed by atoms with E-state index in [0.29, 0.717) is 0 Å². The van der Waals surface area contributed by atoms with Crippen LogP contribution in [0.1, 0.15) is 0 Å². The first-order valence-electron chi connectivity index (χ1n) is 0.651. The molecule has 0 saturated heterocycles. The average Bonchev–Trinajstić information content (AvgIpc) is 0.811. The minimum atomic E-state index is -3.79. The molecule has 4 heteroatoms. The van der Waals surface area contributed by atoms with E-state index in [0.717, 1.165) is 0 Å². The molecule has 0 amide bonds. The Balaban J connectivity index is 2.80. The van der Waals surface area contributed by atoms with Crippen LogP contribution in [0, 0.1) is 0 Å². The second-order valence-electron chi connectivity index (χ2n) is 0.283. The molecule has 3 nitrogen and oxygen atoms in total. The third-order valence-corrected chi connectivity index (χ3v) is 0. The van der Waals surface area contributed by atoms with E-state index in [1.807, 2.05) is 0 Å². The van der Waals surface area contributed by atoms with Gasteiger partial charge in [0.05, 0.1) is 0 Å². The second kappa shape index (κ2) is 1.88. The van der Waals surface area contributed by atoms with E-state index in [9.17, 15) is 0 Å². The number of rotatable bonds is 0. The van der Waals surface area contributed by atoms with Crippen LogP contribution < -0.4 is 0 Å². The van der Waals surface area contributed by atoms with Crippen molar-refractivity contribution in [1.82, 2.24) is 0 Å². The molecule has 0 aromatic heterocycles. The molecule has 0 aliphatic heterocycles. The van der Waals surface area contributed by atoms with Crippen molar-refractivity contribution in [3.05, 3.63) is 0 Å². The quantitative estimate of drug-likeness (QED) is 0.444. The summed E-state index contributed by atoms with van der Waals surface area (Å²) in [5, 5.41) is 0. The standard InChI is InChI=1S/2H2O.O.Zr/h2*1H2;;/q;;;+2/p-2. The van der Waals surface area contributed by atoms with E-state index in [-0.39, 0.29) is 0 Å². The normalized spacial score (nSPS) is 6.50. The molecule has 0 aliphatic carbocycles. The van der Waals surface area contributed by atoms with E-state index in [1.54, 1.807) is 0 Å². The molecule has 0 fully saturated rings. The van der Waals surface area contributed by atoms with E-state index in [1.165, 1.54) is 0 Å². The van der Waals surface area contributed by atoms with E-state index < -0.39 is 22.6 Å². The number of hydrogen-bond acceptors (Lipinski definition) is 1. The van der Waals surface area contributed by atoms with Crippen molar-refractivity contribution < 1.29 is 31.8 Å². The third kappa shape index (κ3) is 18.4. The van der Waals surface area contributed by atoms with Gasteiger partial charge in [0, 0.05) is 0 Å². The molecule has 0 unspecified atom stereocenters. The zero-order valence-corrected chi connectivity index (χ0v) is 4.26. The van der Waals surface area contributed by atoms with Crippen molar-refractivity contribution in [2.75, 3.05) is 0 Å². The van der Waals surface area contributed by atoms with Crippen LogP contribution in [0.2, 0.25) is 0 Å². The summed E-state index contributed by atoms with van der Waals surface area (Å²) < 4.78 is 23.3. The van der Waals surface area contributed by atoms with Gasteiger partial charge in [-0.15, -0.1) is 0 Å². The molecule has 0 saturated carbocycles. The predicted octanol–water partition coefficient (Wildman–Crippen LogP) is -1.24. The predicted molar refractivity (Wildman–Crippen MR) is 5.12 cm³/mol. The summed E-state index contributed by atoms with van der Waals surface area (Å²) in [5.74, 6) is 0. The van der Waals surface area contributed by atoms with Crippen molar-refractivity contribution >= 4 is 0 Å². The van der Waals surface area contributed by atoms with Gasteiger partial charge in [-0.25, -0.2) is 0 Å². The summed E-state index contributed by atoms with van der Waals surface area (Å²) in [6.07, 6.45) is 0. The summed E-state index contributed by atoms with van der Waals surface area (Å²) in [5.41, 5.74) is 0. The Labute approximate surface area is 32.2 Å². The second-order valence-corrected chi connectivity index (χ2v) is 1.67. The van der Waals surface area contributed by atoms with Gasteiger partial charge in [-0.05, 0) is 0 Å². The fourth-order valence-corrected chi connectivity index (χ4v) is 0. The molecular weight excluding hydrogens is 139 g/mol. The van der Waals surface area contributed by atoms with Crippen LogP contribution >= 0.6 is 0 Å². The molecular formula is H2O3Zr. The van der Waals surface area contributed by atoms with Crippen LogP contribution in [0.25, 0.3) is 0 Å². The summed E-state index contributed by atoms with van der Waals surface area (Å²) in [4.78, 5) is 0. The van der Waals surface area contributed by atoms with Gasteiger partial charge in [0.25, 0.3) is 0 Å². The van der Waals surface area contributed by atoms with Gasteiger partial charge in [0.1, 0.15) is 0 Å². The molecule has 0 aromatic carbocycles. The fraction of sp³-hybridized carbons (Fsp3) is 0. The zero-order chi connectivity index (χ0) is 3.58. The number of hydrogen-bond donors (Lipinski definition) is 2. The SMILES string of the molecule is [O]=[Zr]([OH])[OH]. The third-order valence-electron chi connectivity index (χ3n) is 0. The van der Waals surface area contributed by atoms with Crippen LogP contribution in [0.4, 0.5) is 0 Å². The van der Waals surface area contributed by atoms with Crippen molar-refractivity contribution in [3.8, 4) is 0 Å². The Kier molecular flexibility index (Phi) is 2.16. The summed E-state index contributed by atoms with van der Waals surface area (Å²) in [6.45, 7) is 0. The van der Waals surface area contributed by atoms with Crippen molar-refractivity contribution in [3.63, 3.8) is 0 Å². The molecule has 0 spiro atoms. The first-order valence-corrected chi connectivity index (χ1v) is 3.85. The van der Waals surface area contributed by atoms with Crippen LogP contribution in [-0.2, 0) is 25.4 Å². The van der Waals surface area contributed by atoms with Gasteiger partial charge < -0.3 is 0 Å². The first-order chi connectivity index (χ1) is 1.73. The Bertz CT molecular complexity index is 26.3. The minimum absolute atomic E-state index is 3.79. The van der Waals surface area contributed by atoms with Gasteiger partial charge in [0.2, 0.25) is 0 Å². The molecule has 0 heterocycles. The molecule has 2 N–H and O–H groups in total. The van der Waals surface area contributed by atoms with Gasteiger partial charge in [-0.1, -0.05) is 0 Å². The molecule has 0 radical (unpaired) electrons. The molecule has 24 valence electrons. The maximum absolute atomic E-state index is 8.84. The maximum atomic E-state index is 8.84. The molecule has 4 heavy (non-hydrogen) atoms. The molecule has 0 aliphatic rings. The van der Waals surface area contributed by atoms with Gasteiger partial charge in [0.15, 0.2) is 0 Å². The first kappa shape index (κ1) is 4.60. The monoisotopic (exact) mass is 140 g/mol. The van der Waals surface area contributed by atoms with Crippen LogP contribution in [-0.4, -0.2) is 6.37 Å². The van der Waals surface area contributed by atoms with E-state index in [4.69, 9.17) is 9.18 Å². The Morgan fingerprint density at radius 2 is 1.50 bits per heavy atom. The van der Waals surface area contributed by atoms with E-state index >= 15 is 0 Å². The molecule has 0 rings (SSSR count). The van der Waals surface area contributed by atoms with E-state index in [2.05, 4.69) is 0 Å². The topological polar surface area (TPSA) is 57.5 Å². The van der Waals surface area contributed by atoms with Crippen molar-refractivity contribution in [1.29, 1.82) is 0 Å². The zero-order valence-electron chi connectivity index (χ0n) is 1.80. The average molecular weight is 141 g/mol. The summed E-state index contributed by atoms with van der Waals surface area (Å²) in [7, 11) is 0. The summed E-state index contributed by atoms with van der Waals surface area (Å²) in [6, 6.07) is 0. The molecule has 0 aromatic rings. The molecule has 0 atom stereocenters. The van der Waals surface area contributed by atoms with Gasteiger partial charge in [-0.2, -0.15) is 0 Å². The fourth-order valence-electron chi connectivity index (χ4n) is 0. The van der Waals surface area contributed by atoms with Crippen LogP contribution in [0.3, 0.4) is 0 Å². The Morgan fingerprint density at radius 1 is 1.50 bits per heavy atom. The van der Waals surface area contributed by atoms with Crippen LogP contribution in [0.15, 0.2) is 0 Å². The summed E-state index contributed by atoms with van der Waals surface area (Å²) >= 11 is -3.79.